The normalized spacial score (nSPS) is 21.4. The Labute approximate surface area is 183 Å². The van der Waals surface area contributed by atoms with Gasteiger partial charge in [0.1, 0.15) is 5.75 Å². The fourth-order valence-electron chi connectivity index (χ4n) is 4.16. The number of ether oxygens (including phenoxy) is 2. The number of likely N-dealkylation sites (tertiary alicyclic amines) is 1. The average Bonchev–Trinajstić information content (AvgIpc) is 3.50. The van der Waals surface area contributed by atoms with Gasteiger partial charge in [0.15, 0.2) is 0 Å². The summed E-state index contributed by atoms with van der Waals surface area (Å²) < 4.78 is 38.6. The molecule has 2 saturated heterocycles. The fourth-order valence-corrected chi connectivity index (χ4v) is 5.27. The molecule has 8 heteroatoms. The van der Waals surface area contributed by atoms with Gasteiger partial charge in [-0.1, -0.05) is 18.2 Å². The van der Waals surface area contributed by atoms with Crippen LogP contribution in [0.4, 0.5) is 0 Å². The van der Waals surface area contributed by atoms with E-state index in [9.17, 15) is 13.2 Å². The van der Waals surface area contributed by atoms with Crippen molar-refractivity contribution in [1.82, 2.24) is 9.62 Å². The lowest BCUT2D eigenvalue weighted by molar-refractivity contribution is 0.0790. The molecule has 1 N–H and O–H groups in total. The highest BCUT2D eigenvalue weighted by atomic mass is 32.2. The van der Waals surface area contributed by atoms with E-state index in [1.165, 1.54) is 17.7 Å². The Morgan fingerprint density at radius 1 is 1.19 bits per heavy atom. The molecule has 2 fully saturated rings. The van der Waals surface area contributed by atoms with Crippen molar-refractivity contribution in [2.45, 2.75) is 36.2 Å². The smallest absolute Gasteiger partial charge is 0.253 e. The van der Waals surface area contributed by atoms with E-state index < -0.39 is 10.0 Å². The van der Waals surface area contributed by atoms with Gasteiger partial charge in [-0.25, -0.2) is 13.1 Å². The number of amides is 1. The summed E-state index contributed by atoms with van der Waals surface area (Å²) in [6, 6.07) is 14.2. The van der Waals surface area contributed by atoms with Crippen LogP contribution in [0.1, 0.15) is 41.1 Å². The minimum absolute atomic E-state index is 0.0842. The largest absolute Gasteiger partial charge is 0.497 e. The third kappa shape index (κ3) is 5.08. The Morgan fingerprint density at radius 2 is 2.00 bits per heavy atom. The number of sulfonamides is 1. The second-order valence-electron chi connectivity index (χ2n) is 8.02. The van der Waals surface area contributed by atoms with E-state index in [1.54, 1.807) is 24.1 Å². The van der Waals surface area contributed by atoms with Crippen molar-refractivity contribution in [3.8, 4) is 5.75 Å². The fraction of sp³-hybridized carbons (Fsp3) is 0.435. The third-order valence-electron chi connectivity index (χ3n) is 5.98. The second kappa shape index (κ2) is 9.38. The van der Waals surface area contributed by atoms with Crippen molar-refractivity contribution in [1.29, 1.82) is 0 Å². The molecular formula is C23H28N2O5S. The molecule has 2 unspecified atom stereocenters. The monoisotopic (exact) mass is 444 g/mol. The molecule has 2 aliphatic rings. The molecule has 2 aromatic rings. The van der Waals surface area contributed by atoms with Gasteiger partial charge in [-0.15, -0.1) is 0 Å². The summed E-state index contributed by atoms with van der Waals surface area (Å²) in [4.78, 5) is 14.9. The number of benzene rings is 2. The first-order valence-electron chi connectivity index (χ1n) is 10.6. The zero-order chi connectivity index (χ0) is 21.8. The molecule has 31 heavy (non-hydrogen) atoms. The number of methoxy groups -OCH3 is 1. The Kier molecular flexibility index (Phi) is 6.60. The van der Waals surface area contributed by atoms with Crippen LogP contribution in [-0.2, 0) is 14.8 Å². The van der Waals surface area contributed by atoms with Crippen molar-refractivity contribution in [3.63, 3.8) is 0 Å². The molecule has 2 heterocycles. The Balaban J connectivity index is 1.41. The maximum absolute atomic E-state index is 13.0. The van der Waals surface area contributed by atoms with E-state index in [0.717, 1.165) is 25.0 Å². The molecule has 166 valence electrons. The summed E-state index contributed by atoms with van der Waals surface area (Å²) in [7, 11) is -2.06. The van der Waals surface area contributed by atoms with Crippen LogP contribution in [0.15, 0.2) is 53.4 Å². The number of hydrogen-bond acceptors (Lipinski definition) is 5. The first-order valence-corrected chi connectivity index (χ1v) is 12.1. The van der Waals surface area contributed by atoms with Crippen LogP contribution in [0.25, 0.3) is 0 Å². The minimum atomic E-state index is -3.70. The van der Waals surface area contributed by atoms with E-state index in [1.807, 2.05) is 24.3 Å². The number of rotatable bonds is 7. The summed E-state index contributed by atoms with van der Waals surface area (Å²) in [5, 5.41) is 0. The van der Waals surface area contributed by atoms with Gasteiger partial charge in [0.05, 0.1) is 18.1 Å². The zero-order valence-electron chi connectivity index (χ0n) is 17.6. The summed E-state index contributed by atoms with van der Waals surface area (Å²) in [5.74, 6) is 0.919. The van der Waals surface area contributed by atoms with Crippen molar-refractivity contribution in [2.24, 2.45) is 0 Å². The summed E-state index contributed by atoms with van der Waals surface area (Å²) >= 11 is 0. The van der Waals surface area contributed by atoms with E-state index in [2.05, 4.69) is 4.72 Å². The van der Waals surface area contributed by atoms with Crippen LogP contribution in [-0.4, -0.2) is 58.7 Å². The van der Waals surface area contributed by atoms with Gasteiger partial charge in [0.2, 0.25) is 10.0 Å². The molecule has 7 nitrogen and oxygen atoms in total. The molecule has 2 aliphatic heterocycles. The quantitative estimate of drug-likeness (QED) is 0.710. The lowest BCUT2D eigenvalue weighted by Gasteiger charge is -2.18. The number of nitrogens with one attached hydrogen (secondary N) is 1. The van der Waals surface area contributed by atoms with E-state index in [-0.39, 0.29) is 29.4 Å². The topological polar surface area (TPSA) is 84.9 Å². The number of carbonyl (C=O) groups is 1. The van der Waals surface area contributed by atoms with Crippen molar-refractivity contribution < 1.29 is 22.7 Å². The molecule has 0 aromatic heterocycles. The van der Waals surface area contributed by atoms with Gasteiger partial charge in [0.25, 0.3) is 5.91 Å². The Morgan fingerprint density at radius 3 is 2.71 bits per heavy atom. The molecule has 1 amide bonds. The Bertz CT molecular complexity index is 1020. The van der Waals surface area contributed by atoms with Crippen LogP contribution in [0.2, 0.25) is 0 Å². The van der Waals surface area contributed by atoms with Crippen molar-refractivity contribution in [2.75, 3.05) is 33.4 Å². The maximum atomic E-state index is 13.0. The molecule has 0 aliphatic carbocycles. The SMILES string of the molecule is COc1ccc(C2CCN(C(=O)c3cccc(S(=O)(=O)NCC4CCCO4)c3)C2)cc1. The predicted octanol–water partition coefficient (Wildman–Crippen LogP) is 2.78. The minimum Gasteiger partial charge on any atom is -0.497 e. The molecule has 0 saturated carbocycles. The first kappa shape index (κ1) is 21.8. The molecule has 2 aromatic carbocycles. The molecule has 0 spiro atoms. The van der Waals surface area contributed by atoms with E-state index >= 15 is 0 Å². The number of hydrogen-bond donors (Lipinski definition) is 1. The predicted molar refractivity (Wildman–Crippen MR) is 117 cm³/mol. The number of nitrogens with zero attached hydrogens (tertiary/aromatic N) is 1. The summed E-state index contributed by atoms with van der Waals surface area (Å²) in [6.45, 7) is 2.17. The second-order valence-corrected chi connectivity index (χ2v) is 9.79. The average molecular weight is 445 g/mol. The maximum Gasteiger partial charge on any atom is 0.253 e. The Hall–Kier alpha value is -2.42. The molecular weight excluding hydrogens is 416 g/mol. The lowest BCUT2D eigenvalue weighted by Crippen LogP contribution is -2.32. The molecule has 4 rings (SSSR count). The first-order chi connectivity index (χ1) is 15.0. The molecule has 0 bridgehead atoms. The number of carbonyl (C=O) groups excluding carboxylic acids is 1. The third-order valence-corrected chi connectivity index (χ3v) is 7.40. The van der Waals surface area contributed by atoms with Crippen LogP contribution in [0.3, 0.4) is 0 Å². The summed E-state index contributed by atoms with van der Waals surface area (Å²) in [5.41, 5.74) is 1.56. The van der Waals surface area contributed by atoms with E-state index in [4.69, 9.17) is 9.47 Å². The zero-order valence-corrected chi connectivity index (χ0v) is 18.4. The molecule has 2 atom stereocenters. The standard InChI is InChI=1S/C23H28N2O5S/c1-29-20-9-7-17(8-10-20)19-11-12-25(16-19)23(26)18-4-2-6-22(14-18)31(27,28)24-15-21-5-3-13-30-21/h2,4,6-10,14,19,21,24H,3,5,11-13,15-16H2,1H3. The van der Waals surface area contributed by atoms with Crippen LogP contribution in [0, 0.1) is 0 Å². The van der Waals surface area contributed by atoms with Crippen LogP contribution in [0.5, 0.6) is 5.75 Å². The molecule has 0 radical (unpaired) electrons. The van der Waals surface area contributed by atoms with Gasteiger partial charge >= 0.3 is 0 Å². The van der Waals surface area contributed by atoms with Crippen LogP contribution >= 0.6 is 0 Å². The highest BCUT2D eigenvalue weighted by Gasteiger charge is 2.29. The van der Waals surface area contributed by atoms with Crippen LogP contribution < -0.4 is 9.46 Å². The van der Waals surface area contributed by atoms with Gasteiger partial charge in [-0.05, 0) is 55.2 Å². The van der Waals surface area contributed by atoms with Gasteiger partial charge in [-0.3, -0.25) is 4.79 Å². The van der Waals surface area contributed by atoms with Crippen molar-refractivity contribution >= 4 is 15.9 Å². The highest BCUT2D eigenvalue weighted by Crippen LogP contribution is 2.29. The summed E-state index contributed by atoms with van der Waals surface area (Å²) in [6.07, 6.45) is 2.59. The van der Waals surface area contributed by atoms with Gasteiger partial charge < -0.3 is 14.4 Å². The van der Waals surface area contributed by atoms with Crippen molar-refractivity contribution in [3.05, 3.63) is 59.7 Å². The lowest BCUT2D eigenvalue weighted by atomic mass is 9.98. The highest BCUT2D eigenvalue weighted by molar-refractivity contribution is 7.89. The van der Waals surface area contributed by atoms with E-state index in [0.29, 0.717) is 25.3 Å². The van der Waals surface area contributed by atoms with Gasteiger partial charge in [-0.2, -0.15) is 0 Å². The van der Waals surface area contributed by atoms with Gasteiger partial charge in [0, 0.05) is 37.7 Å².